The third kappa shape index (κ3) is 5.25. The standard InChI is InChI=1S/C13H15NO4/c14-12(16)8-7-11(15)13(17)18-9-10-5-3-1-2-4-6-10/h1-5H,6-9H2,(H2,14,16). The fraction of sp³-hybridized carbons (Fsp3) is 0.308. The van der Waals surface area contributed by atoms with Crippen LogP contribution in [0.25, 0.3) is 0 Å². The molecule has 5 heteroatoms. The molecule has 0 aromatic carbocycles. The zero-order valence-electron chi connectivity index (χ0n) is 9.93. The maximum absolute atomic E-state index is 11.3. The van der Waals surface area contributed by atoms with Gasteiger partial charge in [0.25, 0.3) is 0 Å². The lowest BCUT2D eigenvalue weighted by Gasteiger charge is -2.05. The molecule has 1 rings (SSSR count). The Morgan fingerprint density at radius 1 is 1.17 bits per heavy atom. The molecule has 18 heavy (non-hydrogen) atoms. The van der Waals surface area contributed by atoms with Crippen LogP contribution in [0.3, 0.4) is 0 Å². The van der Waals surface area contributed by atoms with Gasteiger partial charge in [0.15, 0.2) is 0 Å². The van der Waals surface area contributed by atoms with Crippen molar-refractivity contribution in [2.45, 2.75) is 19.3 Å². The van der Waals surface area contributed by atoms with Crippen LogP contribution in [-0.4, -0.2) is 24.3 Å². The van der Waals surface area contributed by atoms with Crippen LogP contribution in [0.1, 0.15) is 19.3 Å². The SMILES string of the molecule is NC(=O)CCC(=O)C(=O)OCC1=CC=CC=CC1. The van der Waals surface area contributed by atoms with Crippen LogP contribution < -0.4 is 5.73 Å². The highest BCUT2D eigenvalue weighted by Crippen LogP contribution is 2.07. The van der Waals surface area contributed by atoms with Gasteiger partial charge in [-0.1, -0.05) is 30.4 Å². The third-order valence-electron chi connectivity index (χ3n) is 2.29. The van der Waals surface area contributed by atoms with Crippen molar-refractivity contribution >= 4 is 17.7 Å². The van der Waals surface area contributed by atoms with E-state index in [1.54, 1.807) is 0 Å². The van der Waals surface area contributed by atoms with E-state index in [-0.39, 0.29) is 19.4 Å². The summed E-state index contributed by atoms with van der Waals surface area (Å²) in [6, 6.07) is 0. The van der Waals surface area contributed by atoms with Crippen LogP contribution in [0.2, 0.25) is 0 Å². The molecule has 0 aliphatic heterocycles. The molecule has 5 nitrogen and oxygen atoms in total. The van der Waals surface area contributed by atoms with Crippen LogP contribution in [-0.2, 0) is 19.1 Å². The number of hydrogen-bond donors (Lipinski definition) is 1. The average Bonchev–Trinajstić information content (AvgIpc) is 2.61. The first-order valence-electron chi connectivity index (χ1n) is 5.59. The largest absolute Gasteiger partial charge is 0.455 e. The molecule has 0 unspecified atom stereocenters. The van der Waals surface area contributed by atoms with E-state index in [0.29, 0.717) is 6.42 Å². The lowest BCUT2D eigenvalue weighted by molar-refractivity contribution is -0.153. The Morgan fingerprint density at radius 3 is 2.67 bits per heavy atom. The quantitative estimate of drug-likeness (QED) is 0.557. The number of hydrogen-bond acceptors (Lipinski definition) is 4. The van der Waals surface area contributed by atoms with Crippen molar-refractivity contribution in [2.75, 3.05) is 6.61 Å². The molecule has 1 aliphatic rings. The molecule has 0 fully saturated rings. The number of esters is 1. The van der Waals surface area contributed by atoms with E-state index in [1.165, 1.54) is 0 Å². The molecular weight excluding hydrogens is 234 g/mol. The van der Waals surface area contributed by atoms with Gasteiger partial charge in [-0.25, -0.2) is 4.79 Å². The number of rotatable bonds is 6. The second kappa shape index (κ2) is 7.21. The normalized spacial score (nSPS) is 13.7. The van der Waals surface area contributed by atoms with Gasteiger partial charge in [-0.15, -0.1) is 0 Å². The van der Waals surface area contributed by atoms with Crippen LogP contribution in [0.15, 0.2) is 36.0 Å². The number of ketones is 1. The molecule has 0 saturated heterocycles. The van der Waals surface area contributed by atoms with E-state index < -0.39 is 17.7 Å². The topological polar surface area (TPSA) is 86.5 Å². The Bertz CT molecular complexity index is 432. The van der Waals surface area contributed by atoms with Gasteiger partial charge in [-0.3, -0.25) is 9.59 Å². The summed E-state index contributed by atoms with van der Waals surface area (Å²) in [5.74, 6) is -2.26. The predicted molar refractivity (Wildman–Crippen MR) is 65.4 cm³/mol. The van der Waals surface area contributed by atoms with Crippen molar-refractivity contribution in [3.05, 3.63) is 36.0 Å². The van der Waals surface area contributed by atoms with Crippen LogP contribution in [0, 0.1) is 0 Å². The minimum atomic E-state index is -0.922. The third-order valence-corrected chi connectivity index (χ3v) is 2.29. The summed E-state index contributed by atoms with van der Waals surface area (Å²) < 4.78 is 4.85. The number of amides is 1. The highest BCUT2D eigenvalue weighted by Gasteiger charge is 2.16. The predicted octanol–water partition coefficient (Wildman–Crippen LogP) is 0.807. The molecule has 0 radical (unpaired) electrons. The summed E-state index contributed by atoms with van der Waals surface area (Å²) >= 11 is 0. The fourth-order valence-electron chi connectivity index (χ4n) is 1.31. The fourth-order valence-corrected chi connectivity index (χ4v) is 1.31. The number of allylic oxidation sites excluding steroid dienone is 5. The zero-order chi connectivity index (χ0) is 13.4. The number of carbonyl (C=O) groups is 3. The Morgan fingerprint density at radius 2 is 1.94 bits per heavy atom. The Balaban J connectivity index is 2.34. The molecule has 2 N–H and O–H groups in total. The van der Waals surface area contributed by atoms with E-state index in [4.69, 9.17) is 10.5 Å². The van der Waals surface area contributed by atoms with E-state index >= 15 is 0 Å². The first-order valence-corrected chi connectivity index (χ1v) is 5.59. The number of ether oxygens (including phenoxy) is 1. The molecule has 0 heterocycles. The van der Waals surface area contributed by atoms with Gasteiger partial charge in [0.1, 0.15) is 6.61 Å². The van der Waals surface area contributed by atoms with Gasteiger partial charge in [0.05, 0.1) is 0 Å². The van der Waals surface area contributed by atoms with Gasteiger partial charge in [0.2, 0.25) is 11.7 Å². The van der Waals surface area contributed by atoms with Gasteiger partial charge >= 0.3 is 5.97 Å². The molecule has 0 aromatic rings. The highest BCUT2D eigenvalue weighted by molar-refractivity contribution is 6.33. The Labute approximate surface area is 105 Å². The monoisotopic (exact) mass is 249 g/mol. The second-order valence-electron chi connectivity index (χ2n) is 3.81. The van der Waals surface area contributed by atoms with E-state index in [9.17, 15) is 14.4 Å². The summed E-state index contributed by atoms with van der Waals surface area (Å²) in [7, 11) is 0. The van der Waals surface area contributed by atoms with Crippen molar-refractivity contribution in [3.8, 4) is 0 Å². The van der Waals surface area contributed by atoms with E-state index in [0.717, 1.165) is 5.57 Å². The lowest BCUT2D eigenvalue weighted by atomic mass is 10.2. The van der Waals surface area contributed by atoms with Crippen molar-refractivity contribution in [1.82, 2.24) is 0 Å². The van der Waals surface area contributed by atoms with E-state index in [2.05, 4.69) is 0 Å². The number of Topliss-reactive ketones (excluding diaryl/α,β-unsaturated/α-hetero) is 1. The first-order chi connectivity index (χ1) is 8.59. The molecule has 96 valence electrons. The smallest absolute Gasteiger partial charge is 0.374 e. The molecule has 1 aliphatic carbocycles. The van der Waals surface area contributed by atoms with Gasteiger partial charge in [-0.05, 0) is 12.0 Å². The maximum Gasteiger partial charge on any atom is 0.374 e. The molecule has 0 spiro atoms. The van der Waals surface area contributed by atoms with Crippen molar-refractivity contribution < 1.29 is 19.1 Å². The van der Waals surface area contributed by atoms with Crippen LogP contribution >= 0.6 is 0 Å². The minimum absolute atomic E-state index is 0.0792. The lowest BCUT2D eigenvalue weighted by Crippen LogP contribution is -2.21. The Kier molecular flexibility index (Phi) is 5.57. The van der Waals surface area contributed by atoms with Crippen LogP contribution in [0.5, 0.6) is 0 Å². The van der Waals surface area contributed by atoms with Crippen molar-refractivity contribution in [2.24, 2.45) is 5.73 Å². The zero-order valence-corrected chi connectivity index (χ0v) is 9.93. The molecule has 0 aromatic heterocycles. The first kappa shape index (κ1) is 13.9. The number of carbonyl (C=O) groups excluding carboxylic acids is 3. The average molecular weight is 249 g/mol. The van der Waals surface area contributed by atoms with Gasteiger partial charge in [-0.2, -0.15) is 0 Å². The van der Waals surface area contributed by atoms with Crippen LogP contribution in [0.4, 0.5) is 0 Å². The summed E-state index contributed by atoms with van der Waals surface area (Å²) in [6.07, 6.45) is 9.70. The van der Waals surface area contributed by atoms with Crippen molar-refractivity contribution in [3.63, 3.8) is 0 Å². The molecular formula is C13H15NO4. The van der Waals surface area contributed by atoms with E-state index in [1.807, 2.05) is 30.4 Å². The van der Waals surface area contributed by atoms with Gasteiger partial charge in [0, 0.05) is 12.8 Å². The molecule has 0 atom stereocenters. The summed E-state index contributed by atoms with van der Waals surface area (Å²) in [6.45, 7) is 0.0792. The molecule has 0 bridgehead atoms. The summed E-state index contributed by atoms with van der Waals surface area (Å²) in [5, 5.41) is 0. The van der Waals surface area contributed by atoms with Crippen molar-refractivity contribution in [1.29, 1.82) is 0 Å². The second-order valence-corrected chi connectivity index (χ2v) is 3.81. The Hall–Kier alpha value is -2.17. The molecule has 1 amide bonds. The maximum atomic E-state index is 11.3. The summed E-state index contributed by atoms with van der Waals surface area (Å²) in [4.78, 5) is 33.0. The molecule has 0 saturated carbocycles. The highest BCUT2D eigenvalue weighted by atomic mass is 16.5. The van der Waals surface area contributed by atoms with Gasteiger partial charge < -0.3 is 10.5 Å². The number of primary amides is 1. The number of nitrogens with two attached hydrogens (primary N) is 1. The summed E-state index contributed by atoms with van der Waals surface area (Å²) in [5.41, 5.74) is 5.78. The minimum Gasteiger partial charge on any atom is -0.455 e.